The normalized spacial score (nSPS) is 30.3. The van der Waals surface area contributed by atoms with Crippen LogP contribution in [-0.4, -0.2) is 54.4 Å². The molecule has 2 atom stereocenters. The van der Waals surface area contributed by atoms with Crippen molar-refractivity contribution in [3.8, 4) is 0 Å². The summed E-state index contributed by atoms with van der Waals surface area (Å²) in [4.78, 5) is 25.6. The molecule has 0 radical (unpaired) electrons. The van der Waals surface area contributed by atoms with Gasteiger partial charge in [0.15, 0.2) is 0 Å². The smallest absolute Gasteiger partial charge is 0.317 e. The topological polar surface area (TPSA) is 78.9 Å². The molecule has 2 N–H and O–H groups in total. The van der Waals surface area contributed by atoms with E-state index >= 15 is 0 Å². The van der Waals surface area contributed by atoms with Crippen molar-refractivity contribution >= 4 is 12.0 Å². The summed E-state index contributed by atoms with van der Waals surface area (Å²) < 4.78 is 5.86. The summed E-state index contributed by atoms with van der Waals surface area (Å²) in [5.74, 6) is -0.614. The molecular formula is C18H30N2O4. The molecule has 2 aliphatic carbocycles. The largest absolute Gasteiger partial charge is 0.481 e. The third kappa shape index (κ3) is 3.68. The van der Waals surface area contributed by atoms with Crippen molar-refractivity contribution in [2.45, 2.75) is 63.9 Å². The van der Waals surface area contributed by atoms with Gasteiger partial charge in [0.1, 0.15) is 0 Å². The minimum Gasteiger partial charge on any atom is -0.481 e. The quantitative estimate of drug-likeness (QED) is 0.730. The number of hydrogen-bond acceptors (Lipinski definition) is 3. The maximum absolute atomic E-state index is 12.3. The highest BCUT2D eigenvalue weighted by molar-refractivity contribution is 5.80. The fourth-order valence-electron chi connectivity index (χ4n) is 4.65. The highest BCUT2D eigenvalue weighted by atomic mass is 16.5. The van der Waals surface area contributed by atoms with Gasteiger partial charge in [0.05, 0.1) is 11.5 Å². The van der Waals surface area contributed by atoms with Crippen molar-refractivity contribution in [2.24, 2.45) is 11.3 Å². The van der Waals surface area contributed by atoms with Gasteiger partial charge in [0.25, 0.3) is 0 Å². The number of ether oxygens (including phenoxy) is 1. The molecule has 0 aromatic heterocycles. The molecule has 1 heterocycles. The van der Waals surface area contributed by atoms with Crippen molar-refractivity contribution in [1.82, 2.24) is 10.2 Å². The first-order valence-corrected chi connectivity index (χ1v) is 9.49. The van der Waals surface area contributed by atoms with Gasteiger partial charge in [-0.3, -0.25) is 4.79 Å². The van der Waals surface area contributed by atoms with E-state index in [9.17, 15) is 14.7 Å². The Kier molecular flexibility index (Phi) is 5.64. The van der Waals surface area contributed by atoms with Crippen LogP contribution in [0.1, 0.15) is 57.8 Å². The van der Waals surface area contributed by atoms with Crippen molar-refractivity contribution in [3.63, 3.8) is 0 Å². The molecule has 24 heavy (non-hydrogen) atoms. The number of hydrogen-bond donors (Lipinski definition) is 2. The predicted octanol–water partition coefficient (Wildman–Crippen LogP) is 2.62. The number of carbonyl (C=O) groups excluding carboxylic acids is 1. The number of amides is 2. The van der Waals surface area contributed by atoms with Crippen LogP contribution >= 0.6 is 0 Å². The van der Waals surface area contributed by atoms with Crippen molar-refractivity contribution in [1.29, 1.82) is 0 Å². The molecule has 3 rings (SSSR count). The van der Waals surface area contributed by atoms with Gasteiger partial charge in [-0.15, -0.1) is 0 Å². The molecule has 3 fully saturated rings. The SMILES string of the molecule is O=C(NCCCOC1CCCCC1)N1C[C@@H]2CCC[C@@]2(C(=O)O)C1. The molecule has 2 amide bonds. The third-order valence-electron chi connectivity index (χ3n) is 6.09. The number of carbonyl (C=O) groups is 2. The van der Waals surface area contributed by atoms with Crippen LogP contribution in [0, 0.1) is 11.3 Å². The highest BCUT2D eigenvalue weighted by Gasteiger charge is 2.55. The first-order valence-electron chi connectivity index (χ1n) is 9.49. The average molecular weight is 338 g/mol. The Bertz CT molecular complexity index is 464. The van der Waals surface area contributed by atoms with E-state index in [1.807, 2.05) is 0 Å². The number of nitrogens with one attached hydrogen (secondary N) is 1. The van der Waals surface area contributed by atoms with Crippen molar-refractivity contribution in [2.75, 3.05) is 26.2 Å². The maximum atomic E-state index is 12.3. The Morgan fingerprint density at radius 1 is 1.17 bits per heavy atom. The second-order valence-electron chi connectivity index (χ2n) is 7.65. The van der Waals surface area contributed by atoms with Gasteiger partial charge in [0, 0.05) is 26.2 Å². The Hall–Kier alpha value is -1.30. The number of fused-ring (bicyclic) bond motifs is 1. The van der Waals surface area contributed by atoms with Gasteiger partial charge in [-0.25, -0.2) is 4.79 Å². The number of carboxylic acid groups (broad SMARTS) is 1. The summed E-state index contributed by atoms with van der Waals surface area (Å²) in [7, 11) is 0. The lowest BCUT2D eigenvalue weighted by atomic mass is 9.81. The van der Waals surface area contributed by atoms with E-state index in [-0.39, 0.29) is 11.9 Å². The molecule has 2 saturated carbocycles. The zero-order valence-electron chi connectivity index (χ0n) is 14.5. The Labute approximate surface area is 143 Å². The minimum absolute atomic E-state index is 0.121. The molecule has 1 aliphatic heterocycles. The van der Waals surface area contributed by atoms with Gasteiger partial charge < -0.3 is 20.1 Å². The predicted molar refractivity (Wildman–Crippen MR) is 89.8 cm³/mol. The number of nitrogens with zero attached hydrogens (tertiary/aromatic N) is 1. The van der Waals surface area contributed by atoms with Gasteiger partial charge in [-0.05, 0) is 38.0 Å². The van der Waals surface area contributed by atoms with Crippen LogP contribution in [0.15, 0.2) is 0 Å². The fraction of sp³-hybridized carbons (Fsp3) is 0.889. The van der Waals surface area contributed by atoms with E-state index in [1.165, 1.54) is 32.1 Å². The van der Waals surface area contributed by atoms with E-state index in [2.05, 4.69) is 5.32 Å². The molecule has 0 aromatic rings. The molecule has 0 spiro atoms. The number of urea groups is 1. The zero-order chi connectivity index (χ0) is 17.0. The molecule has 0 aromatic carbocycles. The monoisotopic (exact) mass is 338 g/mol. The zero-order valence-corrected chi connectivity index (χ0v) is 14.5. The summed E-state index contributed by atoms with van der Waals surface area (Å²) in [5.41, 5.74) is -0.693. The lowest BCUT2D eigenvalue weighted by molar-refractivity contribution is -0.149. The summed E-state index contributed by atoms with van der Waals surface area (Å²) >= 11 is 0. The van der Waals surface area contributed by atoms with Crippen LogP contribution in [0.3, 0.4) is 0 Å². The number of aliphatic carboxylic acids is 1. The standard InChI is InChI=1S/C18H30N2O4/c21-16(22)18-9-4-6-14(18)12-20(13-18)17(23)19-10-5-11-24-15-7-2-1-3-8-15/h14-15H,1-13H2,(H,19,23)(H,21,22)/t14-,18+/m0/s1. The van der Waals surface area contributed by atoms with Crippen molar-refractivity contribution in [3.05, 3.63) is 0 Å². The summed E-state index contributed by atoms with van der Waals surface area (Å²) in [6.07, 6.45) is 9.99. The number of rotatable bonds is 6. The van der Waals surface area contributed by atoms with E-state index in [1.54, 1.807) is 4.90 Å². The first kappa shape index (κ1) is 17.5. The lowest BCUT2D eigenvalue weighted by Crippen LogP contribution is -2.42. The fourth-order valence-corrected chi connectivity index (χ4v) is 4.65. The van der Waals surface area contributed by atoms with Gasteiger partial charge in [-0.2, -0.15) is 0 Å². The van der Waals surface area contributed by atoms with Gasteiger partial charge in [-0.1, -0.05) is 25.7 Å². The highest BCUT2D eigenvalue weighted by Crippen LogP contribution is 2.48. The summed E-state index contributed by atoms with van der Waals surface area (Å²) in [6.45, 7) is 2.22. The lowest BCUT2D eigenvalue weighted by Gasteiger charge is -2.23. The Morgan fingerprint density at radius 3 is 2.67 bits per heavy atom. The number of carboxylic acids is 1. The minimum atomic E-state index is -0.735. The summed E-state index contributed by atoms with van der Waals surface area (Å²) in [5, 5.41) is 12.5. The second-order valence-corrected chi connectivity index (χ2v) is 7.65. The van der Waals surface area contributed by atoms with Gasteiger partial charge in [0.2, 0.25) is 0 Å². The van der Waals surface area contributed by atoms with Crippen molar-refractivity contribution < 1.29 is 19.4 Å². The molecule has 136 valence electrons. The van der Waals surface area contributed by atoms with Crippen LogP contribution in [-0.2, 0) is 9.53 Å². The molecule has 1 saturated heterocycles. The average Bonchev–Trinajstić information content (AvgIpc) is 3.13. The van der Waals surface area contributed by atoms with Crippen LogP contribution < -0.4 is 5.32 Å². The van der Waals surface area contributed by atoms with Crippen LogP contribution in [0.25, 0.3) is 0 Å². The second kappa shape index (κ2) is 7.72. The van der Waals surface area contributed by atoms with E-state index < -0.39 is 11.4 Å². The third-order valence-corrected chi connectivity index (χ3v) is 6.09. The Morgan fingerprint density at radius 2 is 1.96 bits per heavy atom. The maximum Gasteiger partial charge on any atom is 0.317 e. The van der Waals surface area contributed by atoms with E-state index in [4.69, 9.17) is 4.74 Å². The molecular weight excluding hydrogens is 308 g/mol. The first-order chi connectivity index (χ1) is 11.6. The van der Waals surface area contributed by atoms with Crippen LogP contribution in [0.4, 0.5) is 4.79 Å². The molecule has 0 bridgehead atoms. The molecule has 6 nitrogen and oxygen atoms in total. The van der Waals surface area contributed by atoms with E-state index in [0.29, 0.717) is 38.8 Å². The van der Waals surface area contributed by atoms with Gasteiger partial charge >= 0.3 is 12.0 Å². The van der Waals surface area contributed by atoms with E-state index in [0.717, 1.165) is 19.3 Å². The summed E-state index contributed by atoms with van der Waals surface area (Å²) in [6, 6.07) is -0.123. The molecule has 0 unspecified atom stereocenters. The van der Waals surface area contributed by atoms with Crippen LogP contribution in [0.2, 0.25) is 0 Å². The number of likely N-dealkylation sites (tertiary alicyclic amines) is 1. The Balaban J connectivity index is 1.35. The molecule has 6 heteroatoms. The van der Waals surface area contributed by atoms with Crippen LogP contribution in [0.5, 0.6) is 0 Å². The molecule has 3 aliphatic rings.